The third-order valence-corrected chi connectivity index (χ3v) is 3.85. The molecular weight excluding hydrogens is 250 g/mol. The summed E-state index contributed by atoms with van der Waals surface area (Å²) in [5.41, 5.74) is 3.52. The molecular formula is C17H30NO2+. The highest BCUT2D eigenvalue weighted by Crippen LogP contribution is 2.25. The summed E-state index contributed by atoms with van der Waals surface area (Å²) in [5, 5.41) is 12.2. The van der Waals surface area contributed by atoms with Crippen molar-refractivity contribution in [3.8, 4) is 5.75 Å². The zero-order valence-electron chi connectivity index (χ0n) is 13.6. The number of nitrogens with two attached hydrogens (primary N) is 1. The highest BCUT2D eigenvalue weighted by molar-refractivity contribution is 5.44. The van der Waals surface area contributed by atoms with Crippen molar-refractivity contribution in [3.63, 3.8) is 0 Å². The van der Waals surface area contributed by atoms with Crippen LogP contribution in [-0.4, -0.2) is 30.4 Å². The van der Waals surface area contributed by atoms with Crippen LogP contribution in [0.3, 0.4) is 0 Å². The second-order valence-corrected chi connectivity index (χ2v) is 5.86. The largest absolute Gasteiger partial charge is 0.490 e. The molecule has 20 heavy (non-hydrogen) atoms. The molecule has 0 unspecified atom stereocenters. The molecule has 1 rings (SSSR count). The van der Waals surface area contributed by atoms with E-state index in [1.165, 1.54) is 24.0 Å². The third-order valence-electron chi connectivity index (χ3n) is 3.85. The minimum Gasteiger partial charge on any atom is -0.490 e. The first-order valence-electron chi connectivity index (χ1n) is 7.66. The van der Waals surface area contributed by atoms with Crippen molar-refractivity contribution in [3.05, 3.63) is 28.8 Å². The second kappa shape index (κ2) is 8.28. The van der Waals surface area contributed by atoms with Crippen LogP contribution in [0.25, 0.3) is 0 Å². The monoisotopic (exact) mass is 280 g/mol. The van der Waals surface area contributed by atoms with Gasteiger partial charge in [0.05, 0.1) is 6.04 Å². The fourth-order valence-corrected chi connectivity index (χ4v) is 2.36. The number of rotatable bonds is 8. The van der Waals surface area contributed by atoms with E-state index in [2.05, 4.69) is 45.1 Å². The van der Waals surface area contributed by atoms with Crippen LogP contribution in [0.1, 0.15) is 43.4 Å². The van der Waals surface area contributed by atoms with Crippen molar-refractivity contribution < 1.29 is 15.2 Å². The first-order chi connectivity index (χ1) is 9.45. The smallest absolute Gasteiger partial charge is 0.137 e. The van der Waals surface area contributed by atoms with Crippen molar-refractivity contribution >= 4 is 0 Å². The molecule has 0 bridgehead atoms. The molecule has 3 heteroatoms. The molecule has 0 aliphatic rings. The van der Waals surface area contributed by atoms with E-state index >= 15 is 0 Å². The lowest BCUT2D eigenvalue weighted by molar-refractivity contribution is -0.692. The maximum absolute atomic E-state index is 10.0. The van der Waals surface area contributed by atoms with Gasteiger partial charge in [-0.1, -0.05) is 25.5 Å². The fraction of sp³-hybridized carbons (Fsp3) is 0.647. The van der Waals surface area contributed by atoms with E-state index in [0.717, 1.165) is 11.3 Å². The van der Waals surface area contributed by atoms with Crippen LogP contribution in [0.2, 0.25) is 0 Å². The van der Waals surface area contributed by atoms with E-state index in [0.29, 0.717) is 19.2 Å². The fourth-order valence-electron chi connectivity index (χ4n) is 2.36. The van der Waals surface area contributed by atoms with Gasteiger partial charge >= 0.3 is 0 Å². The highest BCUT2D eigenvalue weighted by Gasteiger charge is 2.13. The van der Waals surface area contributed by atoms with Gasteiger partial charge in [0, 0.05) is 0 Å². The van der Waals surface area contributed by atoms with E-state index in [4.69, 9.17) is 4.74 Å². The maximum Gasteiger partial charge on any atom is 0.137 e. The number of aliphatic hydroxyl groups is 1. The summed E-state index contributed by atoms with van der Waals surface area (Å²) < 4.78 is 5.83. The molecule has 3 N–H and O–H groups in total. The lowest BCUT2D eigenvalue weighted by Gasteiger charge is -2.17. The van der Waals surface area contributed by atoms with Crippen molar-refractivity contribution in [1.82, 2.24) is 0 Å². The quantitative estimate of drug-likeness (QED) is 0.766. The molecule has 0 saturated carbocycles. The van der Waals surface area contributed by atoms with Gasteiger partial charge in [0.2, 0.25) is 0 Å². The van der Waals surface area contributed by atoms with Crippen LogP contribution in [0.15, 0.2) is 12.1 Å². The van der Waals surface area contributed by atoms with Gasteiger partial charge in [-0.2, -0.15) is 0 Å². The average molecular weight is 280 g/mol. The molecule has 2 atom stereocenters. The Bertz CT molecular complexity index is 418. The van der Waals surface area contributed by atoms with Gasteiger partial charge < -0.3 is 15.2 Å². The topological polar surface area (TPSA) is 46.1 Å². The molecule has 0 spiro atoms. The zero-order chi connectivity index (χ0) is 15.1. The Hall–Kier alpha value is -1.06. The molecule has 0 aromatic heterocycles. The first kappa shape index (κ1) is 17.0. The van der Waals surface area contributed by atoms with Crippen LogP contribution in [0.5, 0.6) is 5.75 Å². The Balaban J connectivity index is 2.45. The molecule has 1 aromatic rings. The van der Waals surface area contributed by atoms with E-state index in [1.807, 2.05) is 6.92 Å². The third kappa shape index (κ3) is 5.14. The maximum atomic E-state index is 10.0. The Kier molecular flexibility index (Phi) is 7.03. The number of quaternary nitrogens is 1. The van der Waals surface area contributed by atoms with Crippen LogP contribution >= 0.6 is 0 Å². The number of ether oxygens (including phenoxy) is 1. The molecule has 0 saturated heterocycles. The van der Waals surface area contributed by atoms with Crippen LogP contribution in [0.4, 0.5) is 0 Å². The van der Waals surface area contributed by atoms with Crippen LogP contribution in [0, 0.1) is 20.8 Å². The predicted octanol–water partition coefficient (Wildman–Crippen LogP) is 2.10. The minimum atomic E-state index is -0.423. The number of benzene rings is 1. The summed E-state index contributed by atoms with van der Waals surface area (Å²) in [6, 6.07) is 4.74. The van der Waals surface area contributed by atoms with Gasteiger partial charge in [-0.25, -0.2) is 0 Å². The Labute approximate surface area is 123 Å². The van der Waals surface area contributed by atoms with Gasteiger partial charge in [-0.15, -0.1) is 0 Å². The predicted molar refractivity (Wildman–Crippen MR) is 83.3 cm³/mol. The summed E-state index contributed by atoms with van der Waals surface area (Å²) in [6.45, 7) is 11.6. The summed E-state index contributed by atoms with van der Waals surface area (Å²) in [6.07, 6.45) is 1.95. The SMILES string of the molecule is CCC[C@H](C)[NH2+]C[C@H](O)COc1c(C)ccc(C)c1C. The van der Waals surface area contributed by atoms with Crippen LogP contribution in [-0.2, 0) is 0 Å². The molecule has 0 heterocycles. The molecule has 0 aliphatic carbocycles. The summed E-state index contributed by atoms with van der Waals surface area (Å²) in [4.78, 5) is 0. The average Bonchev–Trinajstić information content (AvgIpc) is 2.41. The minimum absolute atomic E-state index is 0.362. The Morgan fingerprint density at radius 1 is 1.20 bits per heavy atom. The molecule has 3 nitrogen and oxygen atoms in total. The second-order valence-electron chi connectivity index (χ2n) is 5.86. The number of aliphatic hydroxyl groups excluding tert-OH is 1. The summed E-state index contributed by atoms with van der Waals surface area (Å²) in [5.74, 6) is 0.922. The summed E-state index contributed by atoms with van der Waals surface area (Å²) >= 11 is 0. The van der Waals surface area contributed by atoms with Gasteiger partial charge in [0.25, 0.3) is 0 Å². The normalized spacial score (nSPS) is 14.1. The number of hydrogen-bond donors (Lipinski definition) is 2. The van der Waals surface area contributed by atoms with E-state index in [1.54, 1.807) is 0 Å². The van der Waals surface area contributed by atoms with Gasteiger partial charge in [-0.3, -0.25) is 0 Å². The van der Waals surface area contributed by atoms with E-state index < -0.39 is 6.10 Å². The molecule has 0 radical (unpaired) electrons. The van der Waals surface area contributed by atoms with Crippen molar-refractivity contribution in [2.45, 2.75) is 59.6 Å². The molecule has 114 valence electrons. The highest BCUT2D eigenvalue weighted by atomic mass is 16.5. The van der Waals surface area contributed by atoms with Gasteiger partial charge in [0.15, 0.2) is 0 Å². The van der Waals surface area contributed by atoms with E-state index in [-0.39, 0.29) is 0 Å². The molecule has 0 amide bonds. The molecule has 1 aromatic carbocycles. The lowest BCUT2D eigenvalue weighted by Crippen LogP contribution is -2.91. The first-order valence-corrected chi connectivity index (χ1v) is 7.66. The van der Waals surface area contributed by atoms with E-state index in [9.17, 15) is 5.11 Å². The van der Waals surface area contributed by atoms with Gasteiger partial charge in [0.1, 0.15) is 25.0 Å². The lowest BCUT2D eigenvalue weighted by atomic mass is 10.1. The standard InChI is InChI=1S/C17H29NO2/c1-6-7-14(4)18-10-16(19)11-20-17-13(3)9-8-12(2)15(17)5/h8-9,14,16,18-19H,6-7,10-11H2,1-5H3/p+1/t14-,16-/m0/s1. The molecule has 0 aliphatic heterocycles. The van der Waals surface area contributed by atoms with Crippen molar-refractivity contribution in [1.29, 1.82) is 0 Å². The Morgan fingerprint density at radius 3 is 2.50 bits per heavy atom. The number of aryl methyl sites for hydroxylation is 2. The van der Waals surface area contributed by atoms with Crippen LogP contribution < -0.4 is 10.1 Å². The zero-order valence-corrected chi connectivity index (χ0v) is 13.6. The van der Waals surface area contributed by atoms with Crippen molar-refractivity contribution in [2.24, 2.45) is 0 Å². The molecule has 0 fully saturated rings. The number of hydrogen-bond acceptors (Lipinski definition) is 2. The summed E-state index contributed by atoms with van der Waals surface area (Å²) in [7, 11) is 0. The Morgan fingerprint density at radius 2 is 1.85 bits per heavy atom. The van der Waals surface area contributed by atoms with Gasteiger partial charge in [-0.05, 0) is 50.8 Å². The van der Waals surface area contributed by atoms with Crippen molar-refractivity contribution in [2.75, 3.05) is 13.2 Å².